The zero-order valence-electron chi connectivity index (χ0n) is 13.7. The van der Waals surface area contributed by atoms with E-state index in [1.165, 1.54) is 12.3 Å². The Bertz CT molecular complexity index is 810. The molecule has 2 aromatic rings. The second-order valence-corrected chi connectivity index (χ2v) is 7.45. The highest BCUT2D eigenvalue weighted by Crippen LogP contribution is 2.42. The van der Waals surface area contributed by atoms with Gasteiger partial charge in [0, 0.05) is 42.8 Å². The first-order chi connectivity index (χ1) is 12.1. The van der Waals surface area contributed by atoms with E-state index < -0.39 is 11.4 Å². The van der Waals surface area contributed by atoms with Gasteiger partial charge in [-0.15, -0.1) is 0 Å². The lowest BCUT2D eigenvalue weighted by atomic mass is 9.78. The maximum Gasteiger partial charge on any atom is 0.254 e. The van der Waals surface area contributed by atoms with Crippen molar-refractivity contribution in [2.45, 2.75) is 19.3 Å². The summed E-state index contributed by atoms with van der Waals surface area (Å²) >= 11 is 1.57. The summed E-state index contributed by atoms with van der Waals surface area (Å²) in [6, 6.07) is 4.62. The van der Waals surface area contributed by atoms with Gasteiger partial charge < -0.3 is 9.80 Å². The second-order valence-electron chi connectivity index (χ2n) is 6.67. The number of amides is 2. The van der Waals surface area contributed by atoms with Crippen LogP contribution in [0.1, 0.15) is 29.6 Å². The van der Waals surface area contributed by atoms with Gasteiger partial charge in [-0.05, 0) is 36.8 Å². The van der Waals surface area contributed by atoms with Gasteiger partial charge in [0.05, 0.1) is 11.1 Å². The van der Waals surface area contributed by atoms with E-state index in [1.54, 1.807) is 16.2 Å². The molecule has 0 radical (unpaired) electrons. The molecule has 5 nitrogen and oxygen atoms in total. The summed E-state index contributed by atoms with van der Waals surface area (Å²) in [5.41, 5.74) is 0.706. The molecule has 4 rings (SSSR count). The monoisotopic (exact) mass is 359 g/mol. The van der Waals surface area contributed by atoms with E-state index in [4.69, 9.17) is 0 Å². The molecule has 2 aliphatic heterocycles. The lowest BCUT2D eigenvalue weighted by Gasteiger charge is -2.39. The lowest BCUT2D eigenvalue weighted by Crippen LogP contribution is -2.49. The molecule has 2 amide bonds. The lowest BCUT2D eigenvalue weighted by molar-refractivity contribution is -0.127. The normalized spacial score (nSPS) is 23.5. The minimum absolute atomic E-state index is 0.101. The number of nitrogens with zero attached hydrogens (tertiary/aromatic N) is 3. The van der Waals surface area contributed by atoms with E-state index in [9.17, 15) is 14.0 Å². The molecule has 130 valence electrons. The Kier molecular flexibility index (Phi) is 4.03. The minimum atomic E-state index is -0.668. The Morgan fingerprint density at radius 1 is 1.28 bits per heavy atom. The Labute approximate surface area is 149 Å². The van der Waals surface area contributed by atoms with Crippen molar-refractivity contribution in [2.24, 2.45) is 5.41 Å². The topological polar surface area (TPSA) is 53.5 Å². The molecule has 25 heavy (non-hydrogen) atoms. The smallest absolute Gasteiger partial charge is 0.254 e. The van der Waals surface area contributed by atoms with Crippen LogP contribution in [0.2, 0.25) is 0 Å². The van der Waals surface area contributed by atoms with Crippen LogP contribution in [0.5, 0.6) is 0 Å². The van der Waals surface area contributed by atoms with Crippen LogP contribution in [-0.2, 0) is 4.79 Å². The minimum Gasteiger partial charge on any atom is -0.338 e. The van der Waals surface area contributed by atoms with Crippen LogP contribution in [0.4, 0.5) is 10.1 Å². The van der Waals surface area contributed by atoms with Gasteiger partial charge in [0.2, 0.25) is 11.9 Å². The van der Waals surface area contributed by atoms with Crippen LogP contribution in [0, 0.1) is 11.4 Å². The first-order valence-electron chi connectivity index (χ1n) is 8.34. The van der Waals surface area contributed by atoms with E-state index in [0.717, 1.165) is 31.0 Å². The fourth-order valence-corrected chi connectivity index (χ4v) is 4.52. The largest absolute Gasteiger partial charge is 0.338 e. The number of piperidine rings is 1. The molecule has 0 saturated carbocycles. The zero-order chi connectivity index (χ0) is 17.4. The van der Waals surface area contributed by atoms with Gasteiger partial charge in [-0.25, -0.2) is 4.98 Å². The number of halogens is 1. The molecule has 2 aromatic heterocycles. The van der Waals surface area contributed by atoms with Crippen molar-refractivity contribution in [3.8, 4) is 0 Å². The van der Waals surface area contributed by atoms with Crippen molar-refractivity contribution in [1.29, 1.82) is 0 Å². The second kappa shape index (κ2) is 6.22. The third-order valence-corrected chi connectivity index (χ3v) is 5.84. The number of likely N-dealkylation sites (tertiary alicyclic amines) is 1. The average molecular weight is 359 g/mol. The first-order valence-corrected chi connectivity index (χ1v) is 9.28. The average Bonchev–Trinajstić information content (AvgIpc) is 3.24. The van der Waals surface area contributed by atoms with E-state index in [2.05, 4.69) is 4.98 Å². The van der Waals surface area contributed by atoms with Crippen molar-refractivity contribution < 1.29 is 14.0 Å². The molecule has 1 spiro atoms. The number of hydrogen-bond donors (Lipinski definition) is 0. The van der Waals surface area contributed by atoms with Crippen molar-refractivity contribution in [3.05, 3.63) is 46.7 Å². The first kappa shape index (κ1) is 16.2. The van der Waals surface area contributed by atoms with Gasteiger partial charge >= 0.3 is 0 Å². The van der Waals surface area contributed by atoms with E-state index in [-0.39, 0.29) is 17.4 Å². The number of thiophene rings is 1. The van der Waals surface area contributed by atoms with Crippen LogP contribution in [0.15, 0.2) is 35.2 Å². The predicted molar refractivity (Wildman–Crippen MR) is 93.1 cm³/mol. The summed E-state index contributed by atoms with van der Waals surface area (Å²) in [5.74, 6) is -0.801. The highest BCUT2D eigenvalue weighted by atomic mass is 32.1. The standard InChI is InChI=1S/C18H18FN3O2S/c19-15-10-13(2-6-20-15)16(23)21-7-1-4-18(12-21)5-8-22(17(18)24)14-3-9-25-11-14/h2-3,6,9-11H,1,4-5,7-8,12H2. The molecular formula is C18H18FN3O2S. The Morgan fingerprint density at radius 2 is 2.16 bits per heavy atom. The maximum atomic E-state index is 13.3. The maximum absolute atomic E-state index is 13.3. The van der Waals surface area contributed by atoms with E-state index in [0.29, 0.717) is 19.6 Å². The summed E-state index contributed by atoms with van der Waals surface area (Å²) < 4.78 is 13.3. The quantitative estimate of drug-likeness (QED) is 0.775. The van der Waals surface area contributed by atoms with Gasteiger partial charge in [-0.1, -0.05) is 0 Å². The Hall–Kier alpha value is -2.28. The van der Waals surface area contributed by atoms with Crippen molar-refractivity contribution in [1.82, 2.24) is 9.88 Å². The number of anilines is 1. The van der Waals surface area contributed by atoms with Gasteiger partial charge in [-0.3, -0.25) is 9.59 Å². The number of pyridine rings is 1. The molecule has 7 heteroatoms. The third kappa shape index (κ3) is 2.82. The van der Waals surface area contributed by atoms with Crippen LogP contribution < -0.4 is 4.90 Å². The number of hydrogen-bond acceptors (Lipinski definition) is 4. The fourth-order valence-electron chi connectivity index (χ4n) is 3.88. The van der Waals surface area contributed by atoms with Gasteiger partial charge in [-0.2, -0.15) is 15.7 Å². The molecule has 1 atom stereocenters. The van der Waals surface area contributed by atoms with Crippen LogP contribution in [-0.4, -0.2) is 41.3 Å². The summed E-state index contributed by atoms with van der Waals surface area (Å²) in [6.07, 6.45) is 3.61. The fraction of sp³-hybridized carbons (Fsp3) is 0.389. The van der Waals surface area contributed by atoms with Crippen molar-refractivity contribution in [2.75, 3.05) is 24.5 Å². The number of carbonyl (C=O) groups is 2. The zero-order valence-corrected chi connectivity index (χ0v) is 14.5. The molecular weight excluding hydrogens is 341 g/mol. The van der Waals surface area contributed by atoms with Crippen LogP contribution >= 0.6 is 11.3 Å². The highest BCUT2D eigenvalue weighted by Gasteiger charge is 2.50. The molecule has 0 bridgehead atoms. The highest BCUT2D eigenvalue weighted by molar-refractivity contribution is 7.08. The molecule has 0 aromatic carbocycles. The molecule has 2 aliphatic rings. The summed E-state index contributed by atoms with van der Waals surface area (Å²) in [6.45, 7) is 1.67. The summed E-state index contributed by atoms with van der Waals surface area (Å²) in [7, 11) is 0. The van der Waals surface area contributed by atoms with E-state index in [1.807, 2.05) is 21.7 Å². The number of rotatable bonds is 2. The molecule has 2 fully saturated rings. The Balaban J connectivity index is 1.55. The molecule has 2 saturated heterocycles. The SMILES string of the molecule is O=C(c1ccnc(F)c1)N1CCCC2(CCN(c3ccsc3)C2=O)C1. The van der Waals surface area contributed by atoms with Gasteiger partial charge in [0.1, 0.15) is 0 Å². The van der Waals surface area contributed by atoms with Crippen molar-refractivity contribution in [3.63, 3.8) is 0 Å². The van der Waals surface area contributed by atoms with Crippen LogP contribution in [0.3, 0.4) is 0 Å². The molecule has 1 unspecified atom stereocenters. The number of aromatic nitrogens is 1. The third-order valence-electron chi connectivity index (χ3n) is 5.17. The summed E-state index contributed by atoms with van der Waals surface area (Å²) in [4.78, 5) is 32.8. The van der Waals surface area contributed by atoms with Gasteiger partial charge in [0.25, 0.3) is 5.91 Å². The molecule has 4 heterocycles. The molecule has 0 aliphatic carbocycles. The summed E-state index contributed by atoms with van der Waals surface area (Å²) in [5, 5.41) is 3.94. The van der Waals surface area contributed by atoms with Crippen molar-refractivity contribution >= 4 is 28.8 Å². The number of carbonyl (C=O) groups excluding carboxylic acids is 2. The van der Waals surface area contributed by atoms with Gasteiger partial charge in [0.15, 0.2) is 0 Å². The molecule has 0 N–H and O–H groups in total. The van der Waals surface area contributed by atoms with Crippen LogP contribution in [0.25, 0.3) is 0 Å². The van der Waals surface area contributed by atoms with E-state index >= 15 is 0 Å². The Morgan fingerprint density at radius 3 is 2.92 bits per heavy atom. The predicted octanol–water partition coefficient (Wildman–Crippen LogP) is 2.94.